The Bertz CT molecular complexity index is 493. The number of rotatable bonds is 2. The molecule has 1 amide bonds. The van der Waals surface area contributed by atoms with Gasteiger partial charge in [-0.05, 0) is 18.4 Å². The predicted molar refractivity (Wildman–Crippen MR) is 54.3 cm³/mol. The van der Waals surface area contributed by atoms with Crippen LogP contribution in [0.1, 0.15) is 10.7 Å². The Morgan fingerprint density at radius 3 is 3.00 bits per heavy atom. The highest BCUT2D eigenvalue weighted by Crippen LogP contribution is 2.25. The lowest BCUT2D eigenvalue weighted by Crippen LogP contribution is -2.10. The number of carbonyl (C=O) groups excluding carboxylic acids is 1. The molecule has 0 bridgehead atoms. The number of nitrogens with two attached hydrogens (primary N) is 1. The molecule has 14 heavy (non-hydrogen) atoms. The van der Waals surface area contributed by atoms with E-state index in [1.807, 2.05) is 18.4 Å². The Kier molecular flexibility index (Phi) is 2.17. The second-order valence-electron chi connectivity index (χ2n) is 2.69. The van der Waals surface area contributed by atoms with Crippen LogP contribution in [0.15, 0.2) is 27.5 Å². The van der Waals surface area contributed by atoms with Crippen LogP contribution in [0.4, 0.5) is 0 Å². The molecule has 1 heterocycles. The lowest BCUT2D eigenvalue weighted by Gasteiger charge is -1.93. The minimum absolute atomic E-state index is 0.0403. The third-order valence-electron chi connectivity index (χ3n) is 1.81. The number of para-hydroxylation sites is 1. The third-order valence-corrected chi connectivity index (χ3v) is 2.58. The molecule has 2 aromatic rings. The SMILES string of the molecule is CSc1cccc2oc(C(N)=O)nc12. The monoisotopic (exact) mass is 208 g/mol. The molecule has 4 nitrogen and oxygen atoms in total. The number of amides is 1. The maximum Gasteiger partial charge on any atom is 0.304 e. The van der Waals surface area contributed by atoms with Crippen molar-refractivity contribution in [2.24, 2.45) is 5.73 Å². The van der Waals surface area contributed by atoms with Gasteiger partial charge in [0.2, 0.25) is 0 Å². The Morgan fingerprint density at radius 1 is 1.57 bits per heavy atom. The second kappa shape index (κ2) is 3.34. The number of nitrogens with zero attached hydrogens (tertiary/aromatic N) is 1. The van der Waals surface area contributed by atoms with E-state index >= 15 is 0 Å². The van der Waals surface area contributed by atoms with Crippen LogP contribution >= 0.6 is 11.8 Å². The Morgan fingerprint density at radius 2 is 2.36 bits per heavy atom. The summed E-state index contributed by atoms with van der Waals surface area (Å²) in [6.45, 7) is 0. The lowest BCUT2D eigenvalue weighted by atomic mass is 10.3. The smallest absolute Gasteiger partial charge is 0.304 e. The molecule has 5 heteroatoms. The maximum atomic E-state index is 10.8. The molecule has 0 aliphatic carbocycles. The number of carbonyl (C=O) groups is 1. The number of primary amides is 1. The largest absolute Gasteiger partial charge is 0.432 e. The minimum Gasteiger partial charge on any atom is -0.432 e. The molecule has 2 rings (SSSR count). The first-order valence-corrected chi connectivity index (χ1v) is 5.18. The van der Waals surface area contributed by atoms with E-state index in [0.717, 1.165) is 4.90 Å². The van der Waals surface area contributed by atoms with Crippen LogP contribution in [0.25, 0.3) is 11.1 Å². The minimum atomic E-state index is -0.645. The summed E-state index contributed by atoms with van der Waals surface area (Å²) in [6.07, 6.45) is 1.94. The van der Waals surface area contributed by atoms with E-state index in [-0.39, 0.29) is 5.89 Å². The van der Waals surface area contributed by atoms with E-state index in [1.165, 1.54) is 0 Å². The molecule has 0 aliphatic rings. The number of hydrogen-bond donors (Lipinski definition) is 1. The highest BCUT2D eigenvalue weighted by Gasteiger charge is 2.12. The van der Waals surface area contributed by atoms with E-state index in [0.29, 0.717) is 11.1 Å². The first kappa shape index (κ1) is 9.08. The van der Waals surface area contributed by atoms with Gasteiger partial charge in [-0.15, -0.1) is 11.8 Å². The molecule has 0 atom stereocenters. The normalized spacial score (nSPS) is 10.6. The predicted octanol–water partition coefficient (Wildman–Crippen LogP) is 1.65. The molecule has 0 saturated heterocycles. The van der Waals surface area contributed by atoms with Gasteiger partial charge in [0, 0.05) is 4.90 Å². The van der Waals surface area contributed by atoms with Gasteiger partial charge in [-0.2, -0.15) is 0 Å². The van der Waals surface area contributed by atoms with E-state index in [1.54, 1.807) is 17.8 Å². The lowest BCUT2D eigenvalue weighted by molar-refractivity contribution is 0.0969. The summed E-state index contributed by atoms with van der Waals surface area (Å²) < 4.78 is 5.17. The van der Waals surface area contributed by atoms with E-state index in [2.05, 4.69) is 4.98 Å². The molecule has 0 radical (unpaired) electrons. The van der Waals surface area contributed by atoms with Gasteiger partial charge in [-0.25, -0.2) is 4.98 Å². The second-order valence-corrected chi connectivity index (χ2v) is 3.54. The van der Waals surface area contributed by atoms with Crippen molar-refractivity contribution in [3.05, 3.63) is 24.1 Å². The van der Waals surface area contributed by atoms with Gasteiger partial charge in [0.1, 0.15) is 5.52 Å². The van der Waals surface area contributed by atoms with Crippen LogP contribution in [-0.4, -0.2) is 17.1 Å². The summed E-state index contributed by atoms with van der Waals surface area (Å²) in [6, 6.07) is 5.53. The van der Waals surface area contributed by atoms with E-state index in [9.17, 15) is 4.79 Å². The fourth-order valence-electron chi connectivity index (χ4n) is 1.19. The molecular weight excluding hydrogens is 200 g/mol. The van der Waals surface area contributed by atoms with Gasteiger partial charge >= 0.3 is 5.91 Å². The molecule has 0 unspecified atom stereocenters. The molecule has 0 saturated carbocycles. The van der Waals surface area contributed by atoms with Gasteiger partial charge in [0.15, 0.2) is 5.58 Å². The van der Waals surface area contributed by atoms with Crippen molar-refractivity contribution in [2.75, 3.05) is 6.26 Å². The van der Waals surface area contributed by atoms with Crippen molar-refractivity contribution >= 4 is 28.8 Å². The van der Waals surface area contributed by atoms with Gasteiger partial charge in [-0.1, -0.05) is 6.07 Å². The van der Waals surface area contributed by atoms with Crippen molar-refractivity contribution in [1.29, 1.82) is 0 Å². The summed E-state index contributed by atoms with van der Waals surface area (Å²) in [7, 11) is 0. The summed E-state index contributed by atoms with van der Waals surface area (Å²) in [4.78, 5) is 15.8. The zero-order valence-electron chi connectivity index (χ0n) is 7.48. The van der Waals surface area contributed by atoms with E-state index < -0.39 is 5.91 Å². The molecule has 1 aromatic carbocycles. The molecular formula is C9H8N2O2S. The first-order valence-electron chi connectivity index (χ1n) is 3.95. The highest BCUT2D eigenvalue weighted by molar-refractivity contribution is 7.98. The maximum absolute atomic E-state index is 10.8. The quantitative estimate of drug-likeness (QED) is 0.762. The molecule has 0 aliphatic heterocycles. The summed E-state index contributed by atoms with van der Waals surface area (Å²) >= 11 is 1.55. The van der Waals surface area contributed by atoms with Gasteiger partial charge in [0.05, 0.1) is 0 Å². The molecule has 0 spiro atoms. The molecule has 2 N–H and O–H groups in total. The summed E-state index contributed by atoms with van der Waals surface area (Å²) in [5.74, 6) is -0.685. The van der Waals surface area contributed by atoms with Crippen LogP contribution < -0.4 is 5.73 Å². The molecule has 0 fully saturated rings. The zero-order chi connectivity index (χ0) is 10.1. The van der Waals surface area contributed by atoms with Crippen molar-refractivity contribution in [1.82, 2.24) is 4.98 Å². The Labute approximate surface area is 84.5 Å². The van der Waals surface area contributed by atoms with E-state index in [4.69, 9.17) is 10.2 Å². The van der Waals surface area contributed by atoms with Crippen LogP contribution in [0.5, 0.6) is 0 Å². The average molecular weight is 208 g/mol. The number of hydrogen-bond acceptors (Lipinski definition) is 4. The van der Waals surface area contributed by atoms with Crippen molar-refractivity contribution in [3.8, 4) is 0 Å². The molecule has 72 valence electrons. The fraction of sp³-hybridized carbons (Fsp3) is 0.111. The van der Waals surface area contributed by atoms with Crippen LogP contribution in [-0.2, 0) is 0 Å². The third kappa shape index (κ3) is 1.35. The number of oxazole rings is 1. The highest BCUT2D eigenvalue weighted by atomic mass is 32.2. The Hall–Kier alpha value is -1.49. The van der Waals surface area contributed by atoms with Gasteiger partial charge < -0.3 is 10.2 Å². The van der Waals surface area contributed by atoms with Crippen LogP contribution in [0.3, 0.4) is 0 Å². The molecule has 1 aromatic heterocycles. The van der Waals surface area contributed by atoms with Crippen molar-refractivity contribution < 1.29 is 9.21 Å². The first-order chi connectivity index (χ1) is 6.72. The number of aromatic nitrogens is 1. The average Bonchev–Trinajstić information content (AvgIpc) is 2.60. The fourth-order valence-corrected chi connectivity index (χ4v) is 1.75. The number of benzene rings is 1. The van der Waals surface area contributed by atoms with Crippen molar-refractivity contribution in [3.63, 3.8) is 0 Å². The standard InChI is InChI=1S/C9H8N2O2S/c1-14-6-4-2-3-5-7(6)11-9(13-5)8(10)12/h2-4H,1H3,(H2,10,12). The number of fused-ring (bicyclic) bond motifs is 1. The number of thioether (sulfide) groups is 1. The van der Waals surface area contributed by atoms with Gasteiger partial charge in [0.25, 0.3) is 5.89 Å². The van der Waals surface area contributed by atoms with Crippen molar-refractivity contribution in [2.45, 2.75) is 4.90 Å². The van der Waals surface area contributed by atoms with Gasteiger partial charge in [-0.3, -0.25) is 4.79 Å². The zero-order valence-corrected chi connectivity index (χ0v) is 8.30. The van der Waals surface area contributed by atoms with Crippen LogP contribution in [0.2, 0.25) is 0 Å². The Balaban J connectivity index is 2.70. The summed E-state index contributed by atoms with van der Waals surface area (Å²) in [5.41, 5.74) is 6.34. The topological polar surface area (TPSA) is 69.1 Å². The summed E-state index contributed by atoms with van der Waals surface area (Å²) in [5, 5.41) is 0. The van der Waals surface area contributed by atoms with Crippen LogP contribution in [0, 0.1) is 0 Å².